The van der Waals surface area contributed by atoms with Gasteiger partial charge in [-0.05, 0) is 30.7 Å². The van der Waals surface area contributed by atoms with E-state index in [4.69, 9.17) is 4.74 Å². The molecule has 0 heterocycles. The summed E-state index contributed by atoms with van der Waals surface area (Å²) < 4.78 is 43.0. The predicted molar refractivity (Wildman–Crippen MR) is 90.8 cm³/mol. The van der Waals surface area contributed by atoms with Crippen LogP contribution in [0, 0.1) is 6.92 Å². The monoisotopic (exact) mass is 367 g/mol. The average Bonchev–Trinajstić information content (AvgIpc) is 2.60. The van der Waals surface area contributed by atoms with E-state index in [1.807, 2.05) is 31.2 Å². The van der Waals surface area contributed by atoms with E-state index in [2.05, 4.69) is 5.32 Å². The Bertz CT molecular complexity index is 730. The minimum absolute atomic E-state index is 0.00450. The number of hydrogen-bond donors (Lipinski definition) is 2. The molecule has 0 aliphatic rings. The van der Waals surface area contributed by atoms with Gasteiger partial charge in [-0.1, -0.05) is 35.9 Å². The molecule has 0 aliphatic carbocycles. The molecule has 0 bridgehead atoms. The van der Waals surface area contributed by atoms with Crippen LogP contribution in [0.4, 0.5) is 13.2 Å². The van der Waals surface area contributed by atoms with E-state index in [9.17, 15) is 23.1 Å². The molecule has 1 unspecified atom stereocenters. The third-order valence-electron chi connectivity index (χ3n) is 3.62. The molecule has 1 atom stereocenters. The van der Waals surface area contributed by atoms with Crippen LogP contribution in [0.3, 0.4) is 0 Å². The molecule has 2 aromatic carbocycles. The summed E-state index contributed by atoms with van der Waals surface area (Å²) >= 11 is 0. The fourth-order valence-corrected chi connectivity index (χ4v) is 2.20. The summed E-state index contributed by atoms with van der Waals surface area (Å²) in [6.07, 6.45) is -5.31. The second-order valence-corrected chi connectivity index (χ2v) is 5.96. The maximum absolute atomic E-state index is 12.6. The molecule has 26 heavy (non-hydrogen) atoms. The summed E-state index contributed by atoms with van der Waals surface area (Å²) in [7, 11) is 0. The number of carbonyl (C=O) groups excluding carboxylic acids is 1. The van der Waals surface area contributed by atoms with Crippen LogP contribution in [-0.4, -0.2) is 30.3 Å². The zero-order chi connectivity index (χ0) is 19.2. The van der Waals surface area contributed by atoms with Gasteiger partial charge in [0.2, 0.25) is 5.91 Å². The fraction of sp³-hybridized carbons (Fsp3) is 0.316. The number of aliphatic hydroxyl groups excluding tert-OH is 1. The molecule has 7 heteroatoms. The highest BCUT2D eigenvalue weighted by molar-refractivity contribution is 5.78. The smallest absolute Gasteiger partial charge is 0.416 e. The number of benzene rings is 2. The minimum atomic E-state index is -4.46. The molecule has 0 radical (unpaired) electrons. The van der Waals surface area contributed by atoms with Crippen LogP contribution in [0.25, 0.3) is 0 Å². The molecule has 2 N–H and O–H groups in total. The van der Waals surface area contributed by atoms with Crippen LogP contribution in [0.5, 0.6) is 5.75 Å². The molecule has 0 spiro atoms. The molecule has 0 fully saturated rings. The van der Waals surface area contributed by atoms with Gasteiger partial charge in [0.25, 0.3) is 0 Å². The second-order valence-electron chi connectivity index (χ2n) is 5.96. The first-order valence-corrected chi connectivity index (χ1v) is 8.04. The van der Waals surface area contributed by atoms with E-state index < -0.39 is 17.8 Å². The van der Waals surface area contributed by atoms with Crippen LogP contribution >= 0.6 is 0 Å². The Morgan fingerprint density at radius 3 is 2.54 bits per heavy atom. The molecule has 1 amide bonds. The van der Waals surface area contributed by atoms with Crippen molar-refractivity contribution in [2.24, 2.45) is 0 Å². The highest BCUT2D eigenvalue weighted by Gasteiger charge is 2.30. The molecular formula is C19H20F3NO3. The molecule has 140 valence electrons. The highest BCUT2D eigenvalue weighted by atomic mass is 19.4. The molecular weight excluding hydrogens is 347 g/mol. The van der Waals surface area contributed by atoms with Crippen LogP contribution in [-0.2, 0) is 17.4 Å². The zero-order valence-corrected chi connectivity index (χ0v) is 14.2. The third-order valence-corrected chi connectivity index (χ3v) is 3.62. The molecule has 2 rings (SSSR count). The number of hydrogen-bond acceptors (Lipinski definition) is 3. The summed E-state index contributed by atoms with van der Waals surface area (Å²) in [6.45, 7) is 1.67. The quantitative estimate of drug-likeness (QED) is 0.791. The van der Waals surface area contributed by atoms with E-state index in [1.165, 1.54) is 12.1 Å². The van der Waals surface area contributed by atoms with Gasteiger partial charge in [-0.15, -0.1) is 0 Å². The lowest BCUT2D eigenvalue weighted by Crippen LogP contribution is -2.36. The number of rotatable bonds is 7. The van der Waals surface area contributed by atoms with Crippen molar-refractivity contribution in [3.05, 3.63) is 65.2 Å². The van der Waals surface area contributed by atoms with Gasteiger partial charge in [-0.2, -0.15) is 13.2 Å². The van der Waals surface area contributed by atoms with E-state index in [0.717, 1.165) is 23.3 Å². The normalized spacial score (nSPS) is 12.5. The lowest BCUT2D eigenvalue weighted by Gasteiger charge is -2.14. The molecule has 2 aromatic rings. The van der Waals surface area contributed by atoms with Crippen LogP contribution in [0.15, 0.2) is 48.5 Å². The maximum Gasteiger partial charge on any atom is 0.416 e. The van der Waals surface area contributed by atoms with Crippen LogP contribution in [0.2, 0.25) is 0 Å². The van der Waals surface area contributed by atoms with E-state index in [1.54, 1.807) is 0 Å². The Hall–Kier alpha value is -2.54. The van der Waals surface area contributed by atoms with Crippen molar-refractivity contribution in [2.45, 2.75) is 25.6 Å². The predicted octanol–water partition coefficient (Wildman–Crippen LogP) is 3.11. The van der Waals surface area contributed by atoms with Gasteiger partial charge in [-0.3, -0.25) is 4.79 Å². The largest absolute Gasteiger partial charge is 0.491 e. The van der Waals surface area contributed by atoms with E-state index in [-0.39, 0.29) is 31.2 Å². The van der Waals surface area contributed by atoms with Gasteiger partial charge in [0, 0.05) is 6.54 Å². The molecule has 0 saturated heterocycles. The standard InChI is InChI=1S/C19H20F3NO3/c1-13-5-7-14(8-6-13)9-18(25)23-11-16(24)12-26-17-4-2-3-15(10-17)19(20,21)22/h2-8,10,16,24H,9,11-12H2,1H3,(H,23,25). The van der Waals surface area contributed by atoms with Crippen molar-refractivity contribution >= 4 is 5.91 Å². The lowest BCUT2D eigenvalue weighted by atomic mass is 10.1. The van der Waals surface area contributed by atoms with Gasteiger partial charge >= 0.3 is 6.18 Å². The average molecular weight is 367 g/mol. The van der Waals surface area contributed by atoms with Crippen molar-refractivity contribution < 1.29 is 27.8 Å². The van der Waals surface area contributed by atoms with Gasteiger partial charge < -0.3 is 15.2 Å². The summed E-state index contributed by atoms with van der Waals surface area (Å²) in [5, 5.41) is 12.4. The Morgan fingerprint density at radius 1 is 1.19 bits per heavy atom. The fourth-order valence-electron chi connectivity index (χ4n) is 2.20. The lowest BCUT2D eigenvalue weighted by molar-refractivity contribution is -0.137. The topological polar surface area (TPSA) is 58.6 Å². The Morgan fingerprint density at radius 2 is 1.88 bits per heavy atom. The van der Waals surface area contributed by atoms with Crippen molar-refractivity contribution in [3.63, 3.8) is 0 Å². The van der Waals surface area contributed by atoms with Crippen LogP contribution in [0.1, 0.15) is 16.7 Å². The Labute approximate surface area is 149 Å². The first-order valence-electron chi connectivity index (χ1n) is 8.04. The van der Waals surface area contributed by atoms with Gasteiger partial charge in [0.1, 0.15) is 18.5 Å². The number of carbonyl (C=O) groups is 1. The molecule has 0 saturated carbocycles. The zero-order valence-electron chi connectivity index (χ0n) is 14.2. The Balaban J connectivity index is 1.76. The van der Waals surface area contributed by atoms with Crippen molar-refractivity contribution in [1.29, 1.82) is 0 Å². The summed E-state index contributed by atoms with van der Waals surface area (Å²) in [4.78, 5) is 11.8. The maximum atomic E-state index is 12.6. The van der Waals surface area contributed by atoms with Crippen molar-refractivity contribution in [2.75, 3.05) is 13.2 Å². The van der Waals surface area contributed by atoms with Gasteiger partial charge in [-0.25, -0.2) is 0 Å². The summed E-state index contributed by atoms with van der Waals surface area (Å²) in [5.41, 5.74) is 1.12. The number of aryl methyl sites for hydroxylation is 1. The number of ether oxygens (including phenoxy) is 1. The van der Waals surface area contributed by atoms with Crippen molar-refractivity contribution in [3.8, 4) is 5.75 Å². The molecule has 4 nitrogen and oxygen atoms in total. The first kappa shape index (κ1) is 19.8. The highest BCUT2D eigenvalue weighted by Crippen LogP contribution is 2.31. The third kappa shape index (κ3) is 6.40. The molecule has 0 aromatic heterocycles. The van der Waals surface area contributed by atoms with Gasteiger partial charge in [0.15, 0.2) is 0 Å². The SMILES string of the molecule is Cc1ccc(CC(=O)NCC(O)COc2cccc(C(F)(F)F)c2)cc1. The summed E-state index contributed by atoms with van der Waals surface area (Å²) in [5.74, 6) is -0.253. The van der Waals surface area contributed by atoms with Gasteiger partial charge in [0.05, 0.1) is 12.0 Å². The Kier molecular flexibility index (Phi) is 6.63. The number of halogens is 3. The van der Waals surface area contributed by atoms with E-state index >= 15 is 0 Å². The van der Waals surface area contributed by atoms with Crippen molar-refractivity contribution in [1.82, 2.24) is 5.32 Å². The first-order chi connectivity index (χ1) is 12.2. The number of alkyl halides is 3. The number of aliphatic hydroxyl groups is 1. The van der Waals surface area contributed by atoms with E-state index in [0.29, 0.717) is 0 Å². The minimum Gasteiger partial charge on any atom is -0.491 e. The summed E-state index contributed by atoms with van der Waals surface area (Å²) in [6, 6.07) is 11.9. The second kappa shape index (κ2) is 8.71. The number of nitrogens with one attached hydrogen (secondary N) is 1. The number of amides is 1. The molecule has 0 aliphatic heterocycles. The van der Waals surface area contributed by atoms with Crippen LogP contribution < -0.4 is 10.1 Å².